The molecule has 1 N–H and O–H groups in total. The zero-order valence-corrected chi connectivity index (χ0v) is 16.1. The SMILES string of the molecule is C#CC(=O)N1[C@@H](CCCC)Cc2c([nH]c3c(F)cc(F)cc23)[C@@H]1c1ccccn1. The Kier molecular flexibility index (Phi) is 5.06. The van der Waals surface area contributed by atoms with Gasteiger partial charge in [-0.1, -0.05) is 25.8 Å². The van der Waals surface area contributed by atoms with Crippen molar-refractivity contribution in [1.29, 1.82) is 0 Å². The molecule has 0 saturated heterocycles. The van der Waals surface area contributed by atoms with Crippen LogP contribution in [-0.4, -0.2) is 26.8 Å². The van der Waals surface area contributed by atoms with Crippen molar-refractivity contribution in [2.75, 3.05) is 0 Å². The average Bonchev–Trinajstić information content (AvgIpc) is 3.09. The van der Waals surface area contributed by atoms with E-state index in [0.717, 1.165) is 30.9 Å². The van der Waals surface area contributed by atoms with Crippen molar-refractivity contribution >= 4 is 16.8 Å². The number of fused-ring (bicyclic) bond motifs is 3. The maximum absolute atomic E-state index is 14.5. The molecule has 0 fully saturated rings. The van der Waals surface area contributed by atoms with Crippen molar-refractivity contribution in [3.05, 3.63) is 65.1 Å². The van der Waals surface area contributed by atoms with Gasteiger partial charge in [0, 0.05) is 29.4 Å². The first-order valence-electron chi connectivity index (χ1n) is 9.74. The largest absolute Gasteiger partial charge is 0.354 e. The molecule has 0 bridgehead atoms. The highest BCUT2D eigenvalue weighted by atomic mass is 19.1. The third-order valence-corrected chi connectivity index (χ3v) is 5.57. The highest BCUT2D eigenvalue weighted by molar-refractivity contribution is 5.94. The monoisotopic (exact) mass is 393 g/mol. The maximum atomic E-state index is 14.5. The number of nitrogens with one attached hydrogen (secondary N) is 1. The third kappa shape index (κ3) is 3.27. The number of pyridine rings is 1. The summed E-state index contributed by atoms with van der Waals surface area (Å²) in [5, 5.41) is 0.507. The Morgan fingerprint density at radius 1 is 1.38 bits per heavy atom. The van der Waals surface area contributed by atoms with Crippen LogP contribution in [0.4, 0.5) is 8.78 Å². The molecule has 3 heterocycles. The van der Waals surface area contributed by atoms with Crippen LogP contribution in [0.2, 0.25) is 0 Å². The van der Waals surface area contributed by atoms with Gasteiger partial charge in [-0.3, -0.25) is 9.78 Å². The van der Waals surface area contributed by atoms with Crippen LogP contribution in [0.25, 0.3) is 10.9 Å². The van der Waals surface area contributed by atoms with Crippen LogP contribution < -0.4 is 0 Å². The molecule has 4 rings (SSSR count). The van der Waals surface area contributed by atoms with Gasteiger partial charge < -0.3 is 9.88 Å². The first-order valence-corrected chi connectivity index (χ1v) is 9.74. The Labute approximate surface area is 167 Å². The van der Waals surface area contributed by atoms with E-state index in [1.165, 1.54) is 6.07 Å². The van der Waals surface area contributed by atoms with E-state index in [-0.39, 0.29) is 11.6 Å². The minimum absolute atomic E-state index is 0.177. The Balaban J connectivity index is 1.97. The highest BCUT2D eigenvalue weighted by Crippen LogP contribution is 2.42. The van der Waals surface area contributed by atoms with Crippen LogP contribution in [0, 0.1) is 24.0 Å². The summed E-state index contributed by atoms with van der Waals surface area (Å²) in [4.78, 5) is 22.0. The van der Waals surface area contributed by atoms with Crippen LogP contribution in [0.1, 0.15) is 49.2 Å². The lowest BCUT2D eigenvalue weighted by Crippen LogP contribution is -2.47. The second kappa shape index (κ2) is 7.67. The topological polar surface area (TPSA) is 49.0 Å². The summed E-state index contributed by atoms with van der Waals surface area (Å²) in [6, 6.07) is 6.88. The van der Waals surface area contributed by atoms with Gasteiger partial charge in [-0.15, -0.1) is 6.42 Å². The van der Waals surface area contributed by atoms with Crippen LogP contribution >= 0.6 is 0 Å². The second-order valence-corrected chi connectivity index (χ2v) is 7.34. The number of nitrogens with zero attached hydrogens (tertiary/aromatic N) is 2. The average molecular weight is 393 g/mol. The molecule has 1 aromatic carbocycles. The van der Waals surface area contributed by atoms with E-state index in [1.807, 2.05) is 12.1 Å². The summed E-state index contributed by atoms with van der Waals surface area (Å²) in [5.41, 5.74) is 2.32. The third-order valence-electron chi connectivity index (χ3n) is 5.57. The van der Waals surface area contributed by atoms with Gasteiger partial charge in [0.05, 0.1) is 11.2 Å². The zero-order chi connectivity index (χ0) is 20.5. The maximum Gasteiger partial charge on any atom is 0.299 e. The lowest BCUT2D eigenvalue weighted by atomic mass is 9.87. The van der Waals surface area contributed by atoms with E-state index in [1.54, 1.807) is 17.2 Å². The molecule has 0 saturated carbocycles. The predicted octanol–water partition coefficient (Wildman–Crippen LogP) is 4.51. The minimum atomic E-state index is -0.658. The molecule has 0 radical (unpaired) electrons. The molecule has 29 heavy (non-hydrogen) atoms. The number of carbonyl (C=O) groups excluding carboxylic acids is 1. The number of aromatic nitrogens is 2. The molecule has 2 atom stereocenters. The standard InChI is InChI=1S/C23H21F2N3O/c1-3-5-8-15-13-17-16-11-14(24)12-18(25)21(16)27-22(17)23(28(15)20(29)4-2)19-9-6-7-10-26-19/h2,6-7,9-12,15,23,27H,3,5,8,13H2,1H3/t15-,23-/m0/s1. The van der Waals surface area contributed by atoms with Gasteiger partial charge in [0.25, 0.3) is 5.91 Å². The fraction of sp³-hybridized carbons (Fsp3) is 0.304. The van der Waals surface area contributed by atoms with Crippen molar-refractivity contribution in [2.45, 2.75) is 44.7 Å². The van der Waals surface area contributed by atoms with Crippen molar-refractivity contribution in [3.63, 3.8) is 0 Å². The van der Waals surface area contributed by atoms with E-state index in [2.05, 4.69) is 22.8 Å². The molecule has 0 aliphatic carbocycles. The predicted molar refractivity (Wildman–Crippen MR) is 107 cm³/mol. The normalized spacial score (nSPS) is 18.5. The lowest BCUT2D eigenvalue weighted by Gasteiger charge is -2.41. The highest BCUT2D eigenvalue weighted by Gasteiger charge is 2.40. The van der Waals surface area contributed by atoms with Crippen LogP contribution in [0.3, 0.4) is 0 Å². The van der Waals surface area contributed by atoms with Gasteiger partial charge >= 0.3 is 0 Å². The Morgan fingerprint density at radius 3 is 2.90 bits per heavy atom. The molecular weight excluding hydrogens is 372 g/mol. The molecule has 6 heteroatoms. The summed E-state index contributed by atoms with van der Waals surface area (Å²) >= 11 is 0. The molecule has 1 amide bonds. The minimum Gasteiger partial charge on any atom is -0.354 e. The Hall–Kier alpha value is -3.20. The van der Waals surface area contributed by atoms with Gasteiger partial charge in [0.15, 0.2) is 0 Å². The number of rotatable bonds is 4. The molecule has 4 nitrogen and oxygen atoms in total. The summed E-state index contributed by atoms with van der Waals surface area (Å²) < 4.78 is 28.5. The number of H-pyrrole nitrogens is 1. The van der Waals surface area contributed by atoms with Gasteiger partial charge in [0.2, 0.25) is 0 Å². The van der Waals surface area contributed by atoms with Gasteiger partial charge in [-0.05, 0) is 42.5 Å². The molecule has 3 aromatic rings. The second-order valence-electron chi connectivity index (χ2n) is 7.34. The van der Waals surface area contributed by atoms with Gasteiger partial charge in [-0.2, -0.15) is 0 Å². The van der Waals surface area contributed by atoms with Crippen molar-refractivity contribution in [2.24, 2.45) is 0 Å². The number of hydrogen-bond acceptors (Lipinski definition) is 2. The number of hydrogen-bond donors (Lipinski definition) is 1. The summed E-state index contributed by atoms with van der Waals surface area (Å²) in [7, 11) is 0. The summed E-state index contributed by atoms with van der Waals surface area (Å²) in [6.07, 6.45) is 10.2. The lowest BCUT2D eigenvalue weighted by molar-refractivity contribution is -0.130. The van der Waals surface area contributed by atoms with Crippen LogP contribution in [0.15, 0.2) is 36.5 Å². The van der Waals surface area contributed by atoms with E-state index >= 15 is 0 Å². The van der Waals surface area contributed by atoms with Crippen molar-refractivity contribution in [3.8, 4) is 12.3 Å². The zero-order valence-electron chi connectivity index (χ0n) is 16.1. The number of benzene rings is 1. The van der Waals surface area contributed by atoms with E-state index in [0.29, 0.717) is 23.2 Å². The number of amides is 1. The van der Waals surface area contributed by atoms with Crippen LogP contribution in [0.5, 0.6) is 0 Å². The number of aromatic amines is 1. The van der Waals surface area contributed by atoms with E-state index in [9.17, 15) is 13.6 Å². The molecular formula is C23H21F2N3O. The van der Waals surface area contributed by atoms with Gasteiger partial charge in [-0.25, -0.2) is 8.78 Å². The fourth-order valence-corrected chi connectivity index (χ4v) is 4.30. The number of carbonyl (C=O) groups is 1. The quantitative estimate of drug-likeness (QED) is 0.663. The number of terminal acetylenes is 1. The molecule has 148 valence electrons. The molecule has 1 aliphatic heterocycles. The Morgan fingerprint density at radius 2 is 2.21 bits per heavy atom. The van der Waals surface area contributed by atoms with Crippen molar-refractivity contribution < 1.29 is 13.6 Å². The summed E-state index contributed by atoms with van der Waals surface area (Å²) in [5.74, 6) is 0.520. The van der Waals surface area contributed by atoms with Crippen LogP contribution in [-0.2, 0) is 11.2 Å². The van der Waals surface area contributed by atoms with E-state index < -0.39 is 23.6 Å². The fourth-order valence-electron chi connectivity index (χ4n) is 4.30. The van der Waals surface area contributed by atoms with Gasteiger partial charge in [0.1, 0.15) is 17.7 Å². The first-order chi connectivity index (χ1) is 14.0. The summed E-state index contributed by atoms with van der Waals surface area (Å²) in [6.45, 7) is 2.08. The van der Waals surface area contributed by atoms with E-state index in [4.69, 9.17) is 6.42 Å². The number of halogens is 2. The molecule has 0 spiro atoms. The molecule has 1 aliphatic rings. The first kappa shape index (κ1) is 19.1. The van der Waals surface area contributed by atoms with Crippen molar-refractivity contribution in [1.82, 2.24) is 14.9 Å². The number of unbranched alkanes of at least 4 members (excludes halogenated alkanes) is 1. The Bertz CT molecular complexity index is 1100. The molecule has 0 unspecified atom stereocenters. The molecule has 2 aromatic heterocycles. The smallest absolute Gasteiger partial charge is 0.299 e.